The Kier molecular flexibility index (Phi) is 7.44. The molecule has 0 saturated carbocycles. The molecule has 0 spiro atoms. The average molecular weight is 390 g/mol. The summed E-state index contributed by atoms with van der Waals surface area (Å²) in [5.74, 6) is -1.32. The van der Waals surface area contributed by atoms with E-state index in [4.69, 9.17) is 17.0 Å². The highest BCUT2D eigenvalue weighted by molar-refractivity contribution is 8.17. The Morgan fingerprint density at radius 2 is 2.12 bits per heavy atom. The third-order valence-electron chi connectivity index (χ3n) is 3.03. The van der Waals surface area contributed by atoms with E-state index < -0.39 is 15.8 Å². The van der Waals surface area contributed by atoms with Crippen LogP contribution in [0.15, 0.2) is 34.6 Å². The Hall–Kier alpha value is -1.38. The lowest BCUT2D eigenvalue weighted by Gasteiger charge is -2.24. The number of sulfone groups is 1. The zero-order valence-corrected chi connectivity index (χ0v) is 16.3. The van der Waals surface area contributed by atoms with Crippen molar-refractivity contribution in [3.8, 4) is 0 Å². The van der Waals surface area contributed by atoms with Crippen molar-refractivity contribution >= 4 is 44.2 Å². The third-order valence-corrected chi connectivity index (χ3v) is 5.64. The molecule has 24 heavy (non-hydrogen) atoms. The number of pyridine rings is 1. The van der Waals surface area contributed by atoms with Crippen molar-refractivity contribution in [2.24, 2.45) is 5.92 Å². The summed E-state index contributed by atoms with van der Waals surface area (Å²) < 4.78 is 22.8. The van der Waals surface area contributed by atoms with Gasteiger partial charge in [-0.2, -0.15) is 0 Å². The van der Waals surface area contributed by atoms with Crippen LogP contribution in [0, 0.1) is 11.3 Å². The van der Waals surface area contributed by atoms with Crippen LogP contribution in [0.5, 0.6) is 0 Å². The van der Waals surface area contributed by atoms with Gasteiger partial charge in [-0.3, -0.25) is 15.2 Å². The molecular weight excluding hydrogens is 370 g/mol. The molecule has 0 saturated heterocycles. The van der Waals surface area contributed by atoms with Crippen molar-refractivity contribution in [1.82, 2.24) is 9.88 Å². The van der Waals surface area contributed by atoms with Crippen LogP contribution in [0.1, 0.15) is 19.4 Å². The van der Waals surface area contributed by atoms with Crippen molar-refractivity contribution in [2.45, 2.75) is 13.8 Å². The Balaban J connectivity index is 2.95. The number of carbonyl (C=O) groups is 1. The lowest BCUT2D eigenvalue weighted by atomic mass is 10.2. The molecule has 0 aliphatic carbocycles. The van der Waals surface area contributed by atoms with Crippen molar-refractivity contribution < 1.29 is 13.2 Å². The van der Waals surface area contributed by atoms with E-state index in [1.165, 1.54) is 11.9 Å². The van der Waals surface area contributed by atoms with Crippen LogP contribution in [0.4, 0.5) is 0 Å². The topological polar surface area (TPSA) is 91.2 Å². The summed E-state index contributed by atoms with van der Waals surface area (Å²) in [6, 6.07) is 3.45. The van der Waals surface area contributed by atoms with Crippen molar-refractivity contribution in [2.75, 3.05) is 19.1 Å². The highest BCUT2D eigenvalue weighted by Crippen LogP contribution is 2.29. The quantitative estimate of drug-likeness (QED) is 0.596. The Bertz CT molecular complexity index is 744. The highest BCUT2D eigenvalue weighted by atomic mass is 35.5. The normalized spacial score (nSPS) is 13.9. The molecule has 1 aromatic rings. The zero-order valence-electron chi connectivity index (χ0n) is 13.9. The fourth-order valence-corrected chi connectivity index (χ4v) is 4.07. The van der Waals surface area contributed by atoms with Gasteiger partial charge in [0, 0.05) is 42.2 Å². The zero-order chi connectivity index (χ0) is 18.5. The van der Waals surface area contributed by atoms with Gasteiger partial charge >= 0.3 is 0 Å². The van der Waals surface area contributed by atoms with Gasteiger partial charge in [-0.05, 0) is 19.1 Å². The van der Waals surface area contributed by atoms with Gasteiger partial charge in [0.05, 0.1) is 10.8 Å². The van der Waals surface area contributed by atoms with Gasteiger partial charge in [0.1, 0.15) is 14.9 Å². The molecule has 0 aliphatic heterocycles. The van der Waals surface area contributed by atoms with Gasteiger partial charge in [0.25, 0.3) is 0 Å². The Morgan fingerprint density at radius 3 is 2.58 bits per heavy atom. The molecule has 9 heteroatoms. The number of halogens is 1. The summed E-state index contributed by atoms with van der Waals surface area (Å²) in [4.78, 5) is 17.7. The minimum atomic E-state index is -3.27. The van der Waals surface area contributed by atoms with E-state index in [2.05, 4.69) is 4.98 Å². The second-order valence-corrected chi connectivity index (χ2v) is 9.15. The maximum atomic E-state index is 12.5. The maximum absolute atomic E-state index is 12.5. The molecule has 0 fully saturated rings. The van der Waals surface area contributed by atoms with Crippen molar-refractivity contribution in [1.29, 1.82) is 5.41 Å². The van der Waals surface area contributed by atoms with Crippen LogP contribution >= 0.6 is 23.4 Å². The predicted octanol–water partition coefficient (Wildman–Crippen LogP) is 2.71. The number of aromatic nitrogens is 1. The van der Waals surface area contributed by atoms with E-state index >= 15 is 0 Å². The van der Waals surface area contributed by atoms with Crippen LogP contribution < -0.4 is 0 Å². The number of rotatable bonds is 6. The molecule has 1 heterocycles. The first-order chi connectivity index (χ1) is 11.0. The van der Waals surface area contributed by atoms with E-state index in [0.717, 1.165) is 18.0 Å². The summed E-state index contributed by atoms with van der Waals surface area (Å²) in [6.45, 7) is 3.17. The van der Waals surface area contributed by atoms with Gasteiger partial charge in [-0.15, -0.1) is 0 Å². The minimum absolute atomic E-state index is 0.188. The number of nitrogens with one attached hydrogen (secondary N) is 1. The fraction of sp³-hybridized carbons (Fsp3) is 0.400. The number of hydrogen-bond donors (Lipinski definition) is 1. The van der Waals surface area contributed by atoms with Crippen LogP contribution in [0.2, 0.25) is 0 Å². The second-order valence-electron chi connectivity index (χ2n) is 5.40. The Morgan fingerprint density at radius 1 is 1.50 bits per heavy atom. The molecule has 1 unspecified atom stereocenters. The van der Waals surface area contributed by atoms with Crippen LogP contribution in [0.3, 0.4) is 0 Å². The number of nitrogens with zero attached hydrogens (tertiary/aromatic N) is 2. The van der Waals surface area contributed by atoms with E-state index in [9.17, 15) is 13.2 Å². The van der Waals surface area contributed by atoms with Crippen LogP contribution in [0.25, 0.3) is 0 Å². The highest BCUT2D eigenvalue weighted by Gasteiger charge is 2.25. The summed E-state index contributed by atoms with van der Waals surface area (Å²) in [5.41, 5.74) is 0.600. The Labute approximate surface area is 151 Å². The van der Waals surface area contributed by atoms with Crippen LogP contribution in [-0.4, -0.2) is 48.3 Å². The summed E-state index contributed by atoms with van der Waals surface area (Å²) in [7, 11) is -1.75. The molecule has 0 radical (unpaired) electrons. The molecule has 1 aromatic heterocycles. The number of hydrogen-bond acceptors (Lipinski definition) is 6. The first-order valence-electron chi connectivity index (χ1n) is 7.01. The molecule has 132 valence electrons. The first kappa shape index (κ1) is 20.7. The smallest absolute Gasteiger partial charge is 0.231 e. The first-order valence-corrected chi connectivity index (χ1v) is 10.3. The van der Waals surface area contributed by atoms with Crippen molar-refractivity contribution in [3.05, 3.63) is 40.2 Å². The lowest BCUT2D eigenvalue weighted by molar-refractivity contribution is -0.130. The average Bonchev–Trinajstić information content (AvgIpc) is 2.49. The molecule has 0 aliphatic rings. The predicted molar refractivity (Wildman–Crippen MR) is 98.9 cm³/mol. The number of thioether (sulfide) groups is 1. The SMILES string of the molecule is C/C(Cl)=C(\SC(=N)c1cccnc1)N(C)C(=O)C(C)CS(C)(=O)=O. The molecule has 0 bridgehead atoms. The van der Waals surface area contributed by atoms with Gasteiger partial charge in [-0.25, -0.2) is 8.42 Å². The summed E-state index contributed by atoms with van der Waals surface area (Å²) in [5, 5.41) is 9.05. The molecule has 0 aromatic carbocycles. The largest absolute Gasteiger partial charge is 0.308 e. The number of amides is 1. The molecule has 1 N–H and O–H groups in total. The second kappa shape index (κ2) is 8.64. The van der Waals surface area contributed by atoms with E-state index in [0.29, 0.717) is 15.6 Å². The standard InChI is InChI=1S/C15H20ClN3O3S2/c1-10(9-24(4,21)22)14(20)19(3)15(11(2)16)23-13(17)12-6-5-7-18-8-12/h5-8,10,17H,9H2,1-4H3/b15-11+,17-13?. The van der Waals surface area contributed by atoms with Crippen molar-refractivity contribution in [3.63, 3.8) is 0 Å². The van der Waals surface area contributed by atoms with Gasteiger partial charge in [0.15, 0.2) is 0 Å². The van der Waals surface area contributed by atoms with E-state index in [1.807, 2.05) is 0 Å². The van der Waals surface area contributed by atoms with Gasteiger partial charge in [0.2, 0.25) is 5.91 Å². The van der Waals surface area contributed by atoms with Crippen LogP contribution in [-0.2, 0) is 14.6 Å². The molecular formula is C15H20ClN3O3S2. The molecule has 1 atom stereocenters. The molecule has 1 amide bonds. The van der Waals surface area contributed by atoms with E-state index in [-0.39, 0.29) is 16.7 Å². The maximum Gasteiger partial charge on any atom is 0.231 e. The number of allylic oxidation sites excluding steroid dienone is 1. The monoisotopic (exact) mass is 389 g/mol. The fourth-order valence-electron chi connectivity index (χ4n) is 1.98. The third kappa shape index (κ3) is 6.26. The summed E-state index contributed by atoms with van der Waals surface area (Å²) in [6.07, 6.45) is 4.24. The molecule has 6 nitrogen and oxygen atoms in total. The lowest BCUT2D eigenvalue weighted by Crippen LogP contribution is -2.34. The van der Waals surface area contributed by atoms with Gasteiger partial charge in [-0.1, -0.05) is 30.3 Å². The molecule has 1 rings (SSSR count). The summed E-state index contributed by atoms with van der Waals surface area (Å²) >= 11 is 7.11. The number of carbonyl (C=O) groups excluding carboxylic acids is 1. The minimum Gasteiger partial charge on any atom is -0.308 e. The van der Waals surface area contributed by atoms with E-state index in [1.54, 1.807) is 38.4 Å². The van der Waals surface area contributed by atoms with Gasteiger partial charge < -0.3 is 4.90 Å².